The molecule has 5 nitrogen and oxygen atoms in total. The van der Waals surface area contributed by atoms with Gasteiger partial charge in [0.2, 0.25) is 5.91 Å². The maximum atomic E-state index is 12.6. The number of rotatable bonds is 3. The maximum absolute atomic E-state index is 12.6. The molecule has 0 bridgehead atoms. The molecule has 0 spiro atoms. The molecule has 6 heteroatoms. The Morgan fingerprint density at radius 2 is 1.96 bits per heavy atom. The summed E-state index contributed by atoms with van der Waals surface area (Å²) in [5, 5.41) is 0. The highest BCUT2D eigenvalue weighted by molar-refractivity contribution is 5.99. The molecule has 0 aromatic heterocycles. The Morgan fingerprint density at radius 3 is 2.57 bits per heavy atom. The summed E-state index contributed by atoms with van der Waals surface area (Å²) in [6.07, 6.45) is 3.45. The number of benzene rings is 1. The van der Waals surface area contributed by atoms with Crippen molar-refractivity contribution < 1.29 is 9.59 Å². The molecule has 0 atom stereocenters. The number of carbonyl (C=O) groups is 2. The van der Waals surface area contributed by atoms with Gasteiger partial charge < -0.3 is 15.5 Å². The number of carbonyl (C=O) groups excluding carboxylic acids is 2. The van der Waals surface area contributed by atoms with Crippen LogP contribution in [0.25, 0.3) is 0 Å². The van der Waals surface area contributed by atoms with E-state index in [4.69, 9.17) is 5.73 Å². The van der Waals surface area contributed by atoms with E-state index in [1.54, 1.807) is 4.90 Å². The molecule has 2 aliphatic heterocycles. The molecule has 2 aliphatic rings. The predicted molar refractivity (Wildman–Crippen MR) is 93.0 cm³/mol. The van der Waals surface area contributed by atoms with Crippen LogP contribution in [0.1, 0.15) is 36.0 Å². The minimum Gasteiger partial charge on any atom is -0.339 e. The predicted octanol–water partition coefficient (Wildman–Crippen LogP) is 2.05. The summed E-state index contributed by atoms with van der Waals surface area (Å²) < 4.78 is 0. The molecular weight excluding hydrogens is 314 g/mol. The third-order valence-corrected chi connectivity index (χ3v) is 4.71. The normalized spacial score (nSPS) is 18.9. The Hall–Kier alpha value is -1.59. The van der Waals surface area contributed by atoms with Crippen LogP contribution in [-0.4, -0.2) is 42.9 Å². The van der Waals surface area contributed by atoms with Gasteiger partial charge in [-0.25, -0.2) is 0 Å². The van der Waals surface area contributed by atoms with Crippen LogP contribution in [0.15, 0.2) is 24.3 Å². The maximum Gasteiger partial charge on any atom is 0.253 e. The molecule has 3 rings (SSSR count). The number of piperidine rings is 1. The number of likely N-dealkylation sites (tertiary alicyclic amines) is 1. The highest BCUT2D eigenvalue weighted by Crippen LogP contribution is 2.24. The number of hydrogen-bond donors (Lipinski definition) is 1. The molecule has 1 aromatic carbocycles. The van der Waals surface area contributed by atoms with Gasteiger partial charge in [-0.1, -0.05) is 6.07 Å². The van der Waals surface area contributed by atoms with E-state index in [9.17, 15) is 9.59 Å². The topological polar surface area (TPSA) is 66.6 Å². The van der Waals surface area contributed by atoms with Crippen molar-refractivity contribution in [2.75, 3.05) is 31.1 Å². The van der Waals surface area contributed by atoms with E-state index in [1.807, 2.05) is 29.2 Å². The van der Waals surface area contributed by atoms with Crippen LogP contribution in [0.2, 0.25) is 0 Å². The fraction of sp³-hybridized carbons (Fsp3) is 0.529. The molecule has 1 aromatic rings. The molecule has 2 saturated heterocycles. The SMILES string of the molecule is Cl.NCC1CCN(C(=O)c2cccc(N3CCCC3=O)c2)CC1. The Labute approximate surface area is 143 Å². The lowest BCUT2D eigenvalue weighted by atomic mass is 9.96. The van der Waals surface area contributed by atoms with Gasteiger partial charge in [0.05, 0.1) is 0 Å². The zero-order valence-corrected chi connectivity index (χ0v) is 14.1. The number of amides is 2. The van der Waals surface area contributed by atoms with E-state index in [1.165, 1.54) is 0 Å². The molecular formula is C17H24ClN3O2. The zero-order chi connectivity index (χ0) is 15.5. The lowest BCUT2D eigenvalue weighted by Crippen LogP contribution is -2.40. The summed E-state index contributed by atoms with van der Waals surface area (Å²) in [5.74, 6) is 0.745. The average molecular weight is 338 g/mol. The summed E-state index contributed by atoms with van der Waals surface area (Å²) in [6.45, 7) is 2.99. The lowest BCUT2D eigenvalue weighted by molar-refractivity contribution is -0.117. The first-order chi connectivity index (χ1) is 10.7. The largest absolute Gasteiger partial charge is 0.339 e. The average Bonchev–Trinajstić information content (AvgIpc) is 3.00. The summed E-state index contributed by atoms with van der Waals surface area (Å²) in [4.78, 5) is 28.2. The Morgan fingerprint density at radius 1 is 1.22 bits per heavy atom. The number of anilines is 1. The Balaban J connectivity index is 0.00000192. The van der Waals surface area contributed by atoms with Crippen LogP contribution in [0, 0.1) is 5.92 Å². The fourth-order valence-corrected chi connectivity index (χ4v) is 3.28. The van der Waals surface area contributed by atoms with Crippen molar-refractivity contribution in [1.29, 1.82) is 0 Å². The molecule has 2 fully saturated rings. The molecule has 2 heterocycles. The molecule has 0 saturated carbocycles. The zero-order valence-electron chi connectivity index (χ0n) is 13.2. The third kappa shape index (κ3) is 3.85. The summed E-state index contributed by atoms with van der Waals surface area (Å²) >= 11 is 0. The van der Waals surface area contributed by atoms with Crippen LogP contribution in [-0.2, 0) is 4.79 Å². The first-order valence-corrected chi connectivity index (χ1v) is 8.09. The monoisotopic (exact) mass is 337 g/mol. The van der Waals surface area contributed by atoms with Gasteiger partial charge in [0.25, 0.3) is 5.91 Å². The van der Waals surface area contributed by atoms with E-state index >= 15 is 0 Å². The van der Waals surface area contributed by atoms with E-state index in [0.717, 1.165) is 44.6 Å². The van der Waals surface area contributed by atoms with Gasteiger partial charge in [0, 0.05) is 37.3 Å². The standard InChI is InChI=1S/C17H23N3O2.ClH/c18-12-13-6-9-19(10-7-13)17(22)14-3-1-4-15(11-14)20-8-2-5-16(20)21;/h1,3-4,11,13H,2,5-10,12,18H2;1H. The van der Waals surface area contributed by atoms with Crippen molar-refractivity contribution in [3.63, 3.8) is 0 Å². The van der Waals surface area contributed by atoms with Gasteiger partial charge in [-0.15, -0.1) is 12.4 Å². The minimum absolute atomic E-state index is 0. The number of nitrogens with two attached hydrogens (primary N) is 1. The molecule has 2 amide bonds. The van der Waals surface area contributed by atoms with Gasteiger partial charge >= 0.3 is 0 Å². The highest BCUT2D eigenvalue weighted by atomic mass is 35.5. The van der Waals surface area contributed by atoms with Crippen LogP contribution < -0.4 is 10.6 Å². The van der Waals surface area contributed by atoms with Gasteiger partial charge in [-0.2, -0.15) is 0 Å². The van der Waals surface area contributed by atoms with E-state index < -0.39 is 0 Å². The number of nitrogens with zero attached hydrogens (tertiary/aromatic N) is 2. The van der Waals surface area contributed by atoms with Crippen LogP contribution in [0.3, 0.4) is 0 Å². The fourth-order valence-electron chi connectivity index (χ4n) is 3.28. The smallest absolute Gasteiger partial charge is 0.253 e. The molecule has 2 N–H and O–H groups in total. The van der Waals surface area contributed by atoms with Crippen molar-refractivity contribution in [2.45, 2.75) is 25.7 Å². The van der Waals surface area contributed by atoms with Gasteiger partial charge in [-0.3, -0.25) is 9.59 Å². The van der Waals surface area contributed by atoms with E-state index in [0.29, 0.717) is 24.4 Å². The molecule has 23 heavy (non-hydrogen) atoms. The minimum atomic E-state index is 0. The number of hydrogen-bond acceptors (Lipinski definition) is 3. The highest BCUT2D eigenvalue weighted by Gasteiger charge is 2.25. The summed E-state index contributed by atoms with van der Waals surface area (Å²) in [6, 6.07) is 7.45. The Bertz CT molecular complexity index is 571. The second-order valence-electron chi connectivity index (χ2n) is 6.17. The quantitative estimate of drug-likeness (QED) is 0.918. The summed E-state index contributed by atoms with van der Waals surface area (Å²) in [5.41, 5.74) is 7.21. The second-order valence-corrected chi connectivity index (χ2v) is 6.17. The first-order valence-electron chi connectivity index (χ1n) is 8.09. The van der Waals surface area contributed by atoms with Crippen LogP contribution in [0.4, 0.5) is 5.69 Å². The van der Waals surface area contributed by atoms with Crippen molar-refractivity contribution in [2.24, 2.45) is 11.7 Å². The van der Waals surface area contributed by atoms with Crippen molar-refractivity contribution in [3.05, 3.63) is 29.8 Å². The van der Waals surface area contributed by atoms with Crippen LogP contribution >= 0.6 is 12.4 Å². The number of halogens is 1. The van der Waals surface area contributed by atoms with E-state index in [2.05, 4.69) is 0 Å². The molecule has 0 aliphatic carbocycles. The third-order valence-electron chi connectivity index (χ3n) is 4.71. The Kier molecular flexibility index (Phi) is 6.02. The van der Waals surface area contributed by atoms with Crippen molar-refractivity contribution >= 4 is 29.9 Å². The van der Waals surface area contributed by atoms with Gasteiger partial charge in [-0.05, 0) is 49.9 Å². The molecule has 0 unspecified atom stereocenters. The second kappa shape index (κ2) is 7.79. The van der Waals surface area contributed by atoms with Gasteiger partial charge in [0.1, 0.15) is 0 Å². The lowest BCUT2D eigenvalue weighted by Gasteiger charge is -2.31. The molecule has 126 valence electrons. The first kappa shape index (κ1) is 17.8. The van der Waals surface area contributed by atoms with E-state index in [-0.39, 0.29) is 24.2 Å². The van der Waals surface area contributed by atoms with Gasteiger partial charge in [0.15, 0.2) is 0 Å². The molecule has 0 radical (unpaired) electrons. The van der Waals surface area contributed by atoms with Crippen molar-refractivity contribution in [1.82, 2.24) is 4.90 Å². The summed E-state index contributed by atoms with van der Waals surface area (Å²) in [7, 11) is 0. The van der Waals surface area contributed by atoms with Crippen LogP contribution in [0.5, 0.6) is 0 Å². The van der Waals surface area contributed by atoms with Crippen molar-refractivity contribution in [3.8, 4) is 0 Å².